The molecular weight excluding hydrogens is 810 g/mol. The summed E-state index contributed by atoms with van der Waals surface area (Å²) in [7, 11) is -4.18. The highest BCUT2D eigenvalue weighted by atomic mass is 32.1. The molecule has 7 aromatic rings. The largest absolute Gasteiger partial charge is 0.474 e. The summed E-state index contributed by atoms with van der Waals surface area (Å²) in [6, 6.07) is 56.5. The van der Waals surface area contributed by atoms with E-state index in [-0.39, 0.29) is 42.7 Å². The lowest BCUT2D eigenvalue weighted by Gasteiger charge is -2.49. The SMILES string of the molecule is O=P(Oc1ccccc1)(Oc1ccccc1)c1cnc([C@]2(O)O[C@H](COCc3ccccc3)[C@H](OCc3ccccc3)[C@H](OCc3ccccc3)[C@H]2OCc2ccccc2)s1. The van der Waals surface area contributed by atoms with Gasteiger partial charge in [-0.2, -0.15) is 0 Å². The van der Waals surface area contributed by atoms with E-state index < -0.39 is 37.8 Å². The number of para-hydroxylation sites is 2. The van der Waals surface area contributed by atoms with Gasteiger partial charge in [-0.1, -0.05) is 158 Å². The molecule has 312 valence electrons. The summed E-state index contributed by atoms with van der Waals surface area (Å²) in [4.78, 5) is 4.69. The molecule has 61 heavy (non-hydrogen) atoms. The van der Waals surface area contributed by atoms with Crippen molar-refractivity contribution < 1.29 is 42.4 Å². The number of hydrogen-bond donors (Lipinski definition) is 1. The van der Waals surface area contributed by atoms with Crippen molar-refractivity contribution in [1.82, 2.24) is 4.98 Å². The first kappa shape index (κ1) is 42.2. The first-order valence-electron chi connectivity index (χ1n) is 20.0. The first-order valence-corrected chi connectivity index (χ1v) is 22.4. The Kier molecular flexibility index (Phi) is 14.1. The van der Waals surface area contributed by atoms with Crippen LogP contribution in [-0.2, 0) is 60.5 Å². The van der Waals surface area contributed by atoms with Gasteiger partial charge in [-0.25, -0.2) is 9.55 Å². The van der Waals surface area contributed by atoms with Crippen LogP contribution in [0.15, 0.2) is 188 Å². The molecule has 6 aromatic carbocycles. The summed E-state index contributed by atoms with van der Waals surface area (Å²) in [6.07, 6.45) is -2.51. The van der Waals surface area contributed by atoms with Crippen molar-refractivity contribution in [3.8, 4) is 11.5 Å². The van der Waals surface area contributed by atoms with E-state index in [4.69, 9.17) is 37.7 Å². The highest BCUT2D eigenvalue weighted by Crippen LogP contribution is 2.51. The van der Waals surface area contributed by atoms with Gasteiger partial charge in [0.1, 0.15) is 35.9 Å². The second kappa shape index (κ2) is 20.4. The fourth-order valence-corrected chi connectivity index (χ4v) is 9.80. The number of aliphatic hydroxyl groups is 1. The molecule has 1 aliphatic heterocycles. The minimum Gasteiger partial charge on any atom is -0.412 e. The minimum absolute atomic E-state index is 0.0121. The maximum atomic E-state index is 15.0. The van der Waals surface area contributed by atoms with Gasteiger partial charge >= 0.3 is 7.60 Å². The molecule has 2 heterocycles. The molecule has 8 rings (SSSR count). The molecule has 1 fully saturated rings. The van der Waals surface area contributed by atoms with Crippen LogP contribution in [0.2, 0.25) is 0 Å². The summed E-state index contributed by atoms with van der Waals surface area (Å²) in [5, 5.41) is 13.3. The molecule has 0 radical (unpaired) electrons. The Balaban J connectivity index is 1.20. The first-order chi connectivity index (χ1) is 29.9. The second-order valence-corrected chi connectivity index (χ2v) is 17.6. The van der Waals surface area contributed by atoms with Crippen molar-refractivity contribution in [2.75, 3.05) is 6.61 Å². The summed E-state index contributed by atoms with van der Waals surface area (Å²) in [5.41, 5.74) is 3.67. The number of aromatic nitrogens is 1. The molecule has 0 spiro atoms. The third kappa shape index (κ3) is 10.9. The summed E-state index contributed by atoms with van der Waals surface area (Å²) in [6.45, 7) is 0.777. The number of rotatable bonds is 19. The maximum absolute atomic E-state index is 15.0. The highest BCUT2D eigenvalue weighted by molar-refractivity contribution is 7.69. The van der Waals surface area contributed by atoms with Crippen LogP contribution in [0.25, 0.3) is 0 Å². The fourth-order valence-electron chi connectivity index (χ4n) is 6.93. The summed E-state index contributed by atoms with van der Waals surface area (Å²) in [5.74, 6) is -1.62. The Labute approximate surface area is 359 Å². The monoisotopic (exact) mass is 855 g/mol. The molecule has 5 atom stereocenters. The van der Waals surface area contributed by atoms with Gasteiger partial charge in [0.05, 0.1) is 39.2 Å². The van der Waals surface area contributed by atoms with Crippen LogP contribution in [0.3, 0.4) is 0 Å². The molecule has 12 heteroatoms. The van der Waals surface area contributed by atoms with Crippen molar-refractivity contribution in [3.05, 3.63) is 215 Å². The van der Waals surface area contributed by atoms with E-state index in [1.54, 1.807) is 48.5 Å². The van der Waals surface area contributed by atoms with Gasteiger partial charge in [-0.3, -0.25) is 0 Å². The van der Waals surface area contributed by atoms with Crippen LogP contribution in [0.5, 0.6) is 11.5 Å². The van der Waals surface area contributed by atoms with Crippen molar-refractivity contribution in [3.63, 3.8) is 0 Å². The van der Waals surface area contributed by atoms with Crippen molar-refractivity contribution in [1.29, 1.82) is 0 Å². The molecule has 1 aliphatic rings. The van der Waals surface area contributed by atoms with Gasteiger partial charge < -0.3 is 37.8 Å². The Bertz CT molecular complexity index is 2370. The smallest absolute Gasteiger partial charge is 0.412 e. The highest BCUT2D eigenvalue weighted by Gasteiger charge is 2.59. The number of hydrogen-bond acceptors (Lipinski definition) is 11. The zero-order valence-corrected chi connectivity index (χ0v) is 35.0. The van der Waals surface area contributed by atoms with Gasteiger partial charge in [0, 0.05) is 0 Å². The van der Waals surface area contributed by atoms with Crippen LogP contribution in [0, 0.1) is 0 Å². The molecule has 0 amide bonds. The van der Waals surface area contributed by atoms with E-state index in [0.717, 1.165) is 33.6 Å². The Morgan fingerprint density at radius 2 is 0.967 bits per heavy atom. The molecule has 0 aliphatic carbocycles. The average molecular weight is 856 g/mol. The Hall–Kier alpha value is -5.46. The van der Waals surface area contributed by atoms with E-state index in [9.17, 15) is 9.67 Å². The predicted molar refractivity (Wildman–Crippen MR) is 233 cm³/mol. The molecule has 0 saturated carbocycles. The van der Waals surface area contributed by atoms with E-state index in [0.29, 0.717) is 11.5 Å². The fraction of sp³-hybridized carbons (Fsp3) is 0.204. The normalized spacial score (nSPS) is 20.2. The Morgan fingerprint density at radius 3 is 1.44 bits per heavy atom. The van der Waals surface area contributed by atoms with E-state index in [2.05, 4.69) is 0 Å². The van der Waals surface area contributed by atoms with E-state index >= 15 is 0 Å². The molecule has 1 aromatic heterocycles. The summed E-state index contributed by atoms with van der Waals surface area (Å²) < 4.78 is 60.9. The summed E-state index contributed by atoms with van der Waals surface area (Å²) >= 11 is 0.943. The third-order valence-electron chi connectivity index (χ3n) is 9.95. The van der Waals surface area contributed by atoms with Crippen molar-refractivity contribution in [2.24, 2.45) is 0 Å². The lowest BCUT2D eigenvalue weighted by molar-refractivity contribution is -0.378. The zero-order valence-electron chi connectivity index (χ0n) is 33.3. The quantitative estimate of drug-likeness (QED) is 0.0789. The van der Waals surface area contributed by atoms with Crippen LogP contribution >= 0.6 is 18.9 Å². The van der Waals surface area contributed by atoms with Crippen molar-refractivity contribution >= 4 is 23.6 Å². The van der Waals surface area contributed by atoms with E-state index in [1.807, 2.05) is 133 Å². The second-order valence-electron chi connectivity index (χ2n) is 14.4. The van der Waals surface area contributed by atoms with Crippen LogP contribution < -0.4 is 13.7 Å². The van der Waals surface area contributed by atoms with E-state index in [1.165, 1.54) is 6.20 Å². The number of nitrogens with zero attached hydrogens (tertiary/aromatic N) is 1. The minimum atomic E-state index is -4.18. The van der Waals surface area contributed by atoms with Gasteiger partial charge in [-0.05, 0) is 46.5 Å². The number of ether oxygens (including phenoxy) is 5. The van der Waals surface area contributed by atoms with Gasteiger partial charge in [-0.15, -0.1) is 11.3 Å². The third-order valence-corrected chi connectivity index (χ3v) is 13.4. The number of benzene rings is 6. The zero-order chi connectivity index (χ0) is 41.7. The molecule has 1 N–H and O–H groups in total. The van der Waals surface area contributed by atoms with Gasteiger partial charge in [0.2, 0.25) is 5.79 Å². The lowest BCUT2D eigenvalue weighted by atomic mass is 9.91. The van der Waals surface area contributed by atoms with Crippen molar-refractivity contribution in [2.45, 2.75) is 56.6 Å². The van der Waals surface area contributed by atoms with Crippen LogP contribution in [0.4, 0.5) is 0 Å². The Morgan fingerprint density at radius 1 is 0.557 bits per heavy atom. The molecule has 0 unspecified atom stereocenters. The van der Waals surface area contributed by atoms with Gasteiger partial charge in [0.15, 0.2) is 9.63 Å². The topological polar surface area (TPSA) is 115 Å². The molecular formula is C49H46NO9PS. The molecule has 0 bridgehead atoms. The lowest BCUT2D eigenvalue weighted by Crippen LogP contribution is -2.65. The number of thiazole rings is 1. The molecule has 1 saturated heterocycles. The van der Waals surface area contributed by atoms with Gasteiger partial charge in [0.25, 0.3) is 0 Å². The average Bonchev–Trinajstić information content (AvgIpc) is 3.83. The molecule has 10 nitrogen and oxygen atoms in total. The predicted octanol–water partition coefficient (Wildman–Crippen LogP) is 9.64. The maximum Gasteiger partial charge on any atom is 0.474 e. The van der Waals surface area contributed by atoms with Crippen LogP contribution in [-0.4, -0.2) is 41.1 Å². The standard InChI is InChI=1S/C49H46NO9PS/c51-49(48-50-31-44(61-48)60(52,58-41-27-15-5-16-28-41)59-42-29-17-6-18-30-42)47(56-35-40-25-13-4-14-26-40)46(55-34-39-23-11-3-12-24-39)45(54-33-38-21-9-2-10-22-38)43(57-49)36-53-32-37-19-7-1-8-20-37/h1-31,43,45-47,51H,32-36H2/t43-,45+,46+,47-,49-/m1/s1. The van der Waals surface area contributed by atoms with Crippen LogP contribution in [0.1, 0.15) is 27.3 Å².